The first kappa shape index (κ1) is 27.9. The van der Waals surface area contributed by atoms with Crippen LogP contribution in [0.2, 0.25) is 0 Å². The van der Waals surface area contributed by atoms with E-state index in [0.29, 0.717) is 23.4 Å². The van der Waals surface area contributed by atoms with Gasteiger partial charge >= 0.3 is 5.69 Å². The Bertz CT molecular complexity index is 1090. The van der Waals surface area contributed by atoms with E-state index in [4.69, 9.17) is 4.79 Å². The number of allylic oxidation sites excluding steroid dienone is 2. The highest BCUT2D eigenvalue weighted by molar-refractivity contribution is 7.97. The minimum atomic E-state index is -0.621. The summed E-state index contributed by atoms with van der Waals surface area (Å²) in [5, 5.41) is 0.559. The first-order valence-electron chi connectivity index (χ1n) is 12.1. The number of rotatable bonds is 7. The predicted molar refractivity (Wildman–Crippen MR) is 142 cm³/mol. The fourth-order valence-corrected chi connectivity index (χ4v) is 5.91. The van der Waals surface area contributed by atoms with Gasteiger partial charge in [0.25, 0.3) is 5.56 Å². The zero-order chi connectivity index (χ0) is 25.4. The summed E-state index contributed by atoms with van der Waals surface area (Å²) in [5.74, 6) is 0. The molecule has 1 aromatic carbocycles. The van der Waals surface area contributed by atoms with E-state index in [1.54, 1.807) is 11.9 Å². The number of carbonyl (C=O) groups excluding carboxylic acids is 1. The summed E-state index contributed by atoms with van der Waals surface area (Å²) in [6, 6.07) is 6.24. The molecular weight excluding hydrogens is 448 g/mol. The summed E-state index contributed by atoms with van der Waals surface area (Å²) in [5.41, 5.74) is 3.43. The summed E-state index contributed by atoms with van der Waals surface area (Å²) in [6.07, 6.45) is 12.7. The number of benzene rings is 1. The summed E-state index contributed by atoms with van der Waals surface area (Å²) >= 11 is 1.59. The lowest BCUT2D eigenvalue weighted by Gasteiger charge is -2.34. The van der Waals surface area contributed by atoms with Crippen LogP contribution in [0, 0.1) is 5.41 Å². The van der Waals surface area contributed by atoms with Crippen molar-refractivity contribution in [3.8, 4) is 0 Å². The van der Waals surface area contributed by atoms with Gasteiger partial charge in [0.05, 0.1) is 10.9 Å². The van der Waals surface area contributed by atoms with Crippen LogP contribution in [0.5, 0.6) is 0 Å². The minimum Gasteiger partial charge on any atom is -0.372 e. The Balaban J connectivity index is 0.00000129. The Morgan fingerprint density at radius 3 is 2.35 bits per heavy atom. The Hall–Kier alpha value is -2.32. The van der Waals surface area contributed by atoms with Crippen molar-refractivity contribution < 1.29 is 4.79 Å². The Kier molecular flexibility index (Phi) is 10.2. The largest absolute Gasteiger partial charge is 0.372 e. The maximum Gasteiger partial charge on any atom is 0.329 e. The third kappa shape index (κ3) is 7.60. The molecule has 0 spiro atoms. The average molecular weight is 489 g/mol. The van der Waals surface area contributed by atoms with Crippen LogP contribution in [0.3, 0.4) is 0 Å². The summed E-state index contributed by atoms with van der Waals surface area (Å²) < 4.78 is 4.99. The SMILES string of the molecule is C/C=C/C(C)(C)CC(C)(C)n1c(=O)[nH]c2ccc(SNC3CCCCCC3)cc2c1=O.NC=O. The van der Waals surface area contributed by atoms with Gasteiger partial charge in [0, 0.05) is 16.5 Å². The predicted octanol–water partition coefficient (Wildman–Crippen LogP) is 4.84. The highest BCUT2D eigenvalue weighted by Crippen LogP contribution is 2.33. The second-order valence-corrected chi connectivity index (χ2v) is 11.2. The van der Waals surface area contributed by atoms with Crippen LogP contribution in [0.25, 0.3) is 10.9 Å². The van der Waals surface area contributed by atoms with Crippen molar-refractivity contribution in [3.05, 3.63) is 51.2 Å². The monoisotopic (exact) mass is 488 g/mol. The van der Waals surface area contributed by atoms with E-state index in [0.717, 1.165) is 4.90 Å². The van der Waals surface area contributed by atoms with E-state index in [1.165, 1.54) is 43.1 Å². The van der Waals surface area contributed by atoms with E-state index in [9.17, 15) is 9.59 Å². The van der Waals surface area contributed by atoms with Crippen molar-refractivity contribution in [2.24, 2.45) is 11.1 Å². The number of aromatic nitrogens is 2. The van der Waals surface area contributed by atoms with Gasteiger partial charge < -0.3 is 10.7 Å². The molecule has 0 unspecified atom stereocenters. The van der Waals surface area contributed by atoms with Gasteiger partial charge in [-0.15, -0.1) is 0 Å². The Morgan fingerprint density at radius 2 is 1.76 bits per heavy atom. The molecular formula is C26H40N4O3S. The van der Waals surface area contributed by atoms with Gasteiger partial charge in [-0.25, -0.2) is 4.79 Å². The lowest BCUT2D eigenvalue weighted by molar-refractivity contribution is -0.106. The van der Waals surface area contributed by atoms with Gasteiger partial charge in [0.15, 0.2) is 0 Å². The summed E-state index contributed by atoms with van der Waals surface area (Å²) in [7, 11) is 0. The van der Waals surface area contributed by atoms with Crippen LogP contribution in [0.1, 0.15) is 79.6 Å². The van der Waals surface area contributed by atoms with Crippen molar-refractivity contribution >= 4 is 29.3 Å². The molecule has 7 nitrogen and oxygen atoms in total. The van der Waals surface area contributed by atoms with Crippen LogP contribution < -0.4 is 21.7 Å². The van der Waals surface area contributed by atoms with Gasteiger partial charge in [-0.05, 0) is 75.6 Å². The molecule has 1 aromatic heterocycles. The maximum atomic E-state index is 13.4. The Morgan fingerprint density at radius 1 is 1.15 bits per heavy atom. The van der Waals surface area contributed by atoms with Gasteiger partial charge in [-0.2, -0.15) is 0 Å². The van der Waals surface area contributed by atoms with Crippen LogP contribution >= 0.6 is 11.9 Å². The van der Waals surface area contributed by atoms with Crippen LogP contribution in [0.15, 0.2) is 44.8 Å². The number of carbonyl (C=O) groups is 1. The van der Waals surface area contributed by atoms with Crippen molar-refractivity contribution in [3.63, 3.8) is 0 Å². The number of fused-ring (bicyclic) bond motifs is 1. The smallest absolute Gasteiger partial charge is 0.329 e. The fourth-order valence-electron chi connectivity index (χ4n) is 5.06. The zero-order valence-electron chi connectivity index (χ0n) is 21.1. The number of hydrogen-bond donors (Lipinski definition) is 3. The number of hydrogen-bond acceptors (Lipinski definition) is 5. The Labute approximate surface area is 206 Å². The van der Waals surface area contributed by atoms with Gasteiger partial charge in [0.1, 0.15) is 0 Å². The molecule has 188 valence electrons. The molecule has 1 saturated carbocycles. The molecule has 1 fully saturated rings. The van der Waals surface area contributed by atoms with Crippen molar-refractivity contribution in [2.45, 2.75) is 96.0 Å². The zero-order valence-corrected chi connectivity index (χ0v) is 22.0. The molecule has 3 rings (SSSR count). The van der Waals surface area contributed by atoms with E-state index in [1.807, 2.05) is 45.0 Å². The number of primary amides is 1. The molecule has 8 heteroatoms. The second kappa shape index (κ2) is 12.4. The van der Waals surface area contributed by atoms with Crippen molar-refractivity contribution in [1.82, 2.24) is 14.3 Å². The normalized spacial score (nSPS) is 15.7. The fraction of sp³-hybridized carbons (Fsp3) is 0.577. The molecule has 1 aliphatic carbocycles. The lowest BCUT2D eigenvalue weighted by atomic mass is 9.79. The van der Waals surface area contributed by atoms with Gasteiger partial charge in [-0.3, -0.25) is 18.9 Å². The first-order valence-corrected chi connectivity index (χ1v) is 12.9. The van der Waals surface area contributed by atoms with E-state index in [2.05, 4.69) is 35.4 Å². The van der Waals surface area contributed by atoms with Gasteiger partial charge in [0.2, 0.25) is 6.41 Å². The molecule has 1 amide bonds. The second-order valence-electron chi connectivity index (χ2n) is 10.3. The number of nitrogens with one attached hydrogen (secondary N) is 2. The first-order chi connectivity index (χ1) is 16.0. The molecule has 1 heterocycles. The molecule has 2 aromatic rings. The molecule has 0 aliphatic heterocycles. The summed E-state index contributed by atoms with van der Waals surface area (Å²) in [4.78, 5) is 38.8. The molecule has 0 bridgehead atoms. The number of nitrogens with zero attached hydrogens (tertiary/aromatic N) is 1. The minimum absolute atomic E-state index is 0.126. The van der Waals surface area contributed by atoms with Crippen LogP contribution in [-0.2, 0) is 10.3 Å². The third-order valence-electron chi connectivity index (χ3n) is 6.18. The molecule has 0 saturated heterocycles. The topological polar surface area (TPSA) is 110 Å². The highest BCUT2D eigenvalue weighted by atomic mass is 32.2. The van der Waals surface area contributed by atoms with Crippen LogP contribution in [-0.4, -0.2) is 22.0 Å². The molecule has 4 N–H and O–H groups in total. The maximum absolute atomic E-state index is 13.4. The standard InChI is InChI=1S/C25H37N3O2S.CH3NO/c1-6-15-24(2,3)17-25(4,5)28-22(29)20-16-19(13-14-21(20)26-23(28)30)31-27-18-11-9-7-8-10-12-18;2-1-3/h6,13-16,18,27H,7-12,17H2,1-5H3,(H,26,30);1H,(H2,2,3)/b15-6+;. The molecule has 0 atom stereocenters. The van der Waals surface area contributed by atoms with Crippen molar-refractivity contribution in [1.29, 1.82) is 0 Å². The number of amides is 1. The van der Waals surface area contributed by atoms with Crippen LogP contribution in [0.4, 0.5) is 0 Å². The number of aromatic amines is 1. The average Bonchev–Trinajstić information content (AvgIpc) is 3.01. The van der Waals surface area contributed by atoms with E-state index in [-0.39, 0.29) is 23.1 Å². The molecule has 0 radical (unpaired) electrons. The van der Waals surface area contributed by atoms with E-state index < -0.39 is 5.54 Å². The number of H-pyrrole nitrogens is 1. The molecule has 1 aliphatic rings. The quantitative estimate of drug-likeness (QED) is 0.224. The third-order valence-corrected chi connectivity index (χ3v) is 7.12. The summed E-state index contributed by atoms with van der Waals surface area (Å²) in [6.45, 7) is 10.2. The van der Waals surface area contributed by atoms with Gasteiger partial charge in [-0.1, -0.05) is 51.7 Å². The lowest BCUT2D eigenvalue weighted by Crippen LogP contribution is -2.47. The molecule has 34 heavy (non-hydrogen) atoms. The number of nitrogens with two attached hydrogens (primary N) is 1. The highest BCUT2D eigenvalue weighted by Gasteiger charge is 2.31. The van der Waals surface area contributed by atoms with E-state index >= 15 is 0 Å². The van der Waals surface area contributed by atoms with Crippen molar-refractivity contribution in [2.75, 3.05) is 0 Å².